The van der Waals surface area contributed by atoms with E-state index in [1.165, 1.54) is 5.56 Å². The number of amides is 2. The summed E-state index contributed by atoms with van der Waals surface area (Å²) < 4.78 is 11.2. The number of hydrogen-bond acceptors (Lipinski definition) is 5. The smallest absolute Gasteiger partial charge is 0.333 e. The summed E-state index contributed by atoms with van der Waals surface area (Å²) in [7, 11) is 0. The molecule has 0 fully saturated rings. The van der Waals surface area contributed by atoms with Gasteiger partial charge < -0.3 is 14.5 Å². The van der Waals surface area contributed by atoms with Crippen LogP contribution in [0.2, 0.25) is 0 Å². The number of aryl methyl sites for hydroxylation is 2. The molecule has 0 aliphatic carbocycles. The first-order valence-electron chi connectivity index (χ1n) is 8.47. The van der Waals surface area contributed by atoms with Gasteiger partial charge in [-0.1, -0.05) is 29.8 Å². The Morgan fingerprint density at radius 1 is 1.19 bits per heavy atom. The van der Waals surface area contributed by atoms with Crippen molar-refractivity contribution in [2.24, 2.45) is 0 Å². The molecule has 3 N–H and O–H groups in total. The van der Waals surface area contributed by atoms with Crippen LogP contribution in [-0.2, 0) is 0 Å². The summed E-state index contributed by atoms with van der Waals surface area (Å²) in [4.78, 5) is 16.0. The van der Waals surface area contributed by atoms with Crippen molar-refractivity contribution in [2.75, 3.05) is 18.6 Å². The number of nitrogens with zero attached hydrogens (tertiary/aromatic N) is 1. The molecule has 0 saturated heterocycles. The van der Waals surface area contributed by atoms with Crippen molar-refractivity contribution in [2.45, 2.75) is 20.3 Å². The molecule has 0 atom stereocenters. The first kappa shape index (κ1) is 17.6. The summed E-state index contributed by atoms with van der Waals surface area (Å²) in [6, 6.07) is 13.3. The van der Waals surface area contributed by atoms with Gasteiger partial charge in [0.05, 0.1) is 6.61 Å². The number of rotatable bonds is 7. The van der Waals surface area contributed by atoms with Crippen molar-refractivity contribution in [1.29, 1.82) is 0 Å². The van der Waals surface area contributed by atoms with Crippen molar-refractivity contribution in [3.8, 4) is 5.75 Å². The Hall–Kier alpha value is -3.22. The highest BCUT2D eigenvalue weighted by molar-refractivity contribution is 5.76. The third-order valence-electron chi connectivity index (χ3n) is 3.77. The molecule has 0 saturated carbocycles. The molecule has 1 aromatic heterocycles. The van der Waals surface area contributed by atoms with E-state index in [2.05, 4.69) is 27.2 Å². The van der Waals surface area contributed by atoms with Crippen molar-refractivity contribution in [3.05, 3.63) is 53.6 Å². The SMILES string of the molecule is Cc1ccc(OCCCNC(=O)NNc2nc3ccccc3o2)c(C)c1. The fourth-order valence-corrected chi connectivity index (χ4v) is 2.50. The maximum absolute atomic E-state index is 11.8. The Morgan fingerprint density at radius 2 is 2.04 bits per heavy atom. The molecular weight excluding hydrogens is 332 g/mol. The van der Waals surface area contributed by atoms with Crippen LogP contribution in [0.4, 0.5) is 10.8 Å². The first-order chi connectivity index (χ1) is 12.6. The van der Waals surface area contributed by atoms with E-state index in [-0.39, 0.29) is 12.0 Å². The molecule has 3 rings (SSSR count). The lowest BCUT2D eigenvalue weighted by molar-refractivity contribution is 0.240. The molecule has 0 aliphatic heterocycles. The zero-order chi connectivity index (χ0) is 18.4. The summed E-state index contributed by atoms with van der Waals surface area (Å²) in [5.74, 6) is 0.873. The number of carbonyl (C=O) groups excluding carboxylic acids is 1. The van der Waals surface area contributed by atoms with Gasteiger partial charge in [0, 0.05) is 6.54 Å². The number of para-hydroxylation sites is 2. The normalized spacial score (nSPS) is 10.5. The van der Waals surface area contributed by atoms with Crippen LogP contribution >= 0.6 is 0 Å². The number of carbonyl (C=O) groups is 1. The Bertz CT molecular complexity index is 858. The molecule has 0 bridgehead atoms. The number of oxazole rings is 1. The van der Waals surface area contributed by atoms with Crippen LogP contribution in [0.3, 0.4) is 0 Å². The topological polar surface area (TPSA) is 88.4 Å². The largest absolute Gasteiger partial charge is 0.493 e. The highest BCUT2D eigenvalue weighted by Gasteiger charge is 2.06. The second-order valence-corrected chi connectivity index (χ2v) is 5.96. The van der Waals surface area contributed by atoms with Gasteiger partial charge in [-0.15, -0.1) is 0 Å². The van der Waals surface area contributed by atoms with E-state index in [4.69, 9.17) is 9.15 Å². The predicted octanol–water partition coefficient (Wildman–Crippen LogP) is 3.54. The minimum absolute atomic E-state index is 0.236. The van der Waals surface area contributed by atoms with Crippen LogP contribution in [0.25, 0.3) is 11.1 Å². The molecular formula is C19H22N4O3. The van der Waals surface area contributed by atoms with Gasteiger partial charge in [0.2, 0.25) is 0 Å². The molecule has 0 radical (unpaired) electrons. The van der Waals surface area contributed by atoms with Gasteiger partial charge in [-0.25, -0.2) is 15.6 Å². The number of aromatic nitrogens is 1. The fraction of sp³-hybridized carbons (Fsp3) is 0.263. The molecule has 1 heterocycles. The maximum atomic E-state index is 11.8. The van der Waals surface area contributed by atoms with Gasteiger partial charge in [0.15, 0.2) is 5.58 Å². The lowest BCUT2D eigenvalue weighted by Crippen LogP contribution is -2.39. The minimum atomic E-state index is -0.362. The van der Waals surface area contributed by atoms with Crippen molar-refractivity contribution in [3.63, 3.8) is 0 Å². The van der Waals surface area contributed by atoms with E-state index in [1.807, 2.05) is 50.2 Å². The van der Waals surface area contributed by atoms with E-state index in [0.717, 1.165) is 16.8 Å². The van der Waals surface area contributed by atoms with Gasteiger partial charge >= 0.3 is 12.0 Å². The lowest BCUT2D eigenvalue weighted by Gasteiger charge is -2.10. The van der Waals surface area contributed by atoms with Crippen LogP contribution in [0, 0.1) is 13.8 Å². The average Bonchev–Trinajstić information content (AvgIpc) is 3.04. The summed E-state index contributed by atoms with van der Waals surface area (Å²) in [6.45, 7) is 5.09. The predicted molar refractivity (Wildman–Crippen MR) is 100 cm³/mol. The van der Waals surface area contributed by atoms with Crippen molar-refractivity contribution in [1.82, 2.24) is 15.7 Å². The summed E-state index contributed by atoms with van der Waals surface area (Å²) in [5.41, 5.74) is 8.82. The Kier molecular flexibility index (Phi) is 5.58. The standard InChI is InChI=1S/C19H22N4O3/c1-13-8-9-16(14(2)12-13)25-11-5-10-20-18(24)22-23-19-21-15-6-3-4-7-17(15)26-19/h3-4,6-9,12H,5,10-11H2,1-2H3,(H,21,23)(H2,20,22,24). The number of hydrazine groups is 1. The minimum Gasteiger partial charge on any atom is -0.493 e. The monoisotopic (exact) mass is 354 g/mol. The highest BCUT2D eigenvalue weighted by Crippen LogP contribution is 2.19. The number of benzene rings is 2. The third kappa shape index (κ3) is 4.66. The molecule has 0 spiro atoms. The fourth-order valence-electron chi connectivity index (χ4n) is 2.50. The van der Waals surface area contributed by atoms with E-state index >= 15 is 0 Å². The number of nitrogens with one attached hydrogen (secondary N) is 3. The number of hydrogen-bond donors (Lipinski definition) is 3. The third-order valence-corrected chi connectivity index (χ3v) is 3.77. The Balaban J connectivity index is 1.34. The zero-order valence-electron chi connectivity index (χ0n) is 14.8. The Labute approximate surface area is 151 Å². The average molecular weight is 354 g/mol. The van der Waals surface area contributed by atoms with Crippen LogP contribution in [0.5, 0.6) is 5.75 Å². The molecule has 0 aliphatic rings. The molecule has 2 amide bonds. The summed E-state index contributed by atoms with van der Waals surface area (Å²) in [5, 5.41) is 2.73. The highest BCUT2D eigenvalue weighted by atomic mass is 16.5. The first-order valence-corrected chi connectivity index (χ1v) is 8.47. The van der Waals surface area contributed by atoms with Crippen LogP contribution in [-0.4, -0.2) is 24.2 Å². The summed E-state index contributed by atoms with van der Waals surface area (Å²) in [6.07, 6.45) is 0.698. The Morgan fingerprint density at radius 3 is 2.85 bits per heavy atom. The van der Waals surface area contributed by atoms with Gasteiger partial charge in [-0.05, 0) is 44.0 Å². The molecule has 3 aromatic rings. The number of anilines is 1. The number of urea groups is 1. The van der Waals surface area contributed by atoms with Gasteiger partial charge in [-0.2, -0.15) is 4.98 Å². The molecule has 2 aromatic carbocycles. The molecule has 136 valence electrons. The van der Waals surface area contributed by atoms with Crippen LogP contribution in [0.1, 0.15) is 17.5 Å². The van der Waals surface area contributed by atoms with Gasteiger partial charge in [0.1, 0.15) is 11.3 Å². The van der Waals surface area contributed by atoms with E-state index < -0.39 is 0 Å². The zero-order valence-corrected chi connectivity index (χ0v) is 14.8. The molecule has 7 heteroatoms. The number of fused-ring (bicyclic) bond motifs is 1. The molecule has 0 unspecified atom stereocenters. The molecule has 7 nitrogen and oxygen atoms in total. The van der Waals surface area contributed by atoms with Crippen LogP contribution in [0.15, 0.2) is 46.9 Å². The molecule has 26 heavy (non-hydrogen) atoms. The van der Waals surface area contributed by atoms with Crippen molar-refractivity contribution >= 4 is 23.1 Å². The second-order valence-electron chi connectivity index (χ2n) is 5.96. The van der Waals surface area contributed by atoms with E-state index in [1.54, 1.807) is 0 Å². The number of ether oxygens (including phenoxy) is 1. The maximum Gasteiger partial charge on any atom is 0.333 e. The second kappa shape index (κ2) is 8.24. The van der Waals surface area contributed by atoms with Crippen LogP contribution < -0.4 is 20.9 Å². The van der Waals surface area contributed by atoms with Gasteiger partial charge in [0.25, 0.3) is 0 Å². The lowest BCUT2D eigenvalue weighted by atomic mass is 10.1. The summed E-state index contributed by atoms with van der Waals surface area (Å²) >= 11 is 0. The van der Waals surface area contributed by atoms with Crippen molar-refractivity contribution < 1.29 is 13.9 Å². The van der Waals surface area contributed by atoms with Gasteiger partial charge in [-0.3, -0.25) is 0 Å². The quantitative estimate of drug-likeness (QED) is 0.446. The van der Waals surface area contributed by atoms with E-state index in [0.29, 0.717) is 25.2 Å². The van der Waals surface area contributed by atoms with E-state index in [9.17, 15) is 4.79 Å².